The van der Waals surface area contributed by atoms with Crippen LogP contribution in [0.15, 0.2) is 60.8 Å². The van der Waals surface area contributed by atoms with Gasteiger partial charge in [-0.3, -0.25) is 9.48 Å². The van der Waals surface area contributed by atoms with Gasteiger partial charge in [-0.1, -0.05) is 36.8 Å². The highest BCUT2D eigenvalue weighted by molar-refractivity contribution is 7.15. The number of hydrogen-bond donors (Lipinski definition) is 1. The van der Waals surface area contributed by atoms with E-state index in [0.29, 0.717) is 28.4 Å². The number of aromatic nitrogens is 2. The van der Waals surface area contributed by atoms with Gasteiger partial charge in [-0.25, -0.2) is 4.39 Å². The number of carbonyl (C=O) groups excluding carboxylic acids is 1. The first kappa shape index (κ1) is 19.7. The van der Waals surface area contributed by atoms with Gasteiger partial charge in [0, 0.05) is 21.2 Å². The summed E-state index contributed by atoms with van der Waals surface area (Å²) in [5, 5.41) is 8.28. The first-order chi connectivity index (χ1) is 15.6. The molecular formula is C26H24FN3OS. The topological polar surface area (TPSA) is 46.9 Å². The van der Waals surface area contributed by atoms with Crippen molar-refractivity contribution in [3.63, 3.8) is 0 Å². The zero-order valence-corrected chi connectivity index (χ0v) is 18.5. The average Bonchev–Trinajstić information content (AvgIpc) is 3.36. The molecule has 2 aliphatic rings. The van der Waals surface area contributed by atoms with E-state index in [0.717, 1.165) is 17.7 Å². The Morgan fingerprint density at radius 3 is 2.72 bits per heavy atom. The smallest absolute Gasteiger partial charge is 0.253 e. The second-order valence-corrected chi connectivity index (χ2v) is 10.4. The number of nitrogens with one attached hydrogen (secondary N) is 1. The molecule has 4 aromatic rings. The first-order valence-corrected chi connectivity index (χ1v) is 12.0. The van der Waals surface area contributed by atoms with Crippen molar-refractivity contribution in [2.75, 3.05) is 0 Å². The van der Waals surface area contributed by atoms with E-state index in [-0.39, 0.29) is 11.9 Å². The second kappa shape index (κ2) is 7.55. The summed E-state index contributed by atoms with van der Waals surface area (Å²) in [6.45, 7) is 0.541. The van der Waals surface area contributed by atoms with Gasteiger partial charge in [0.15, 0.2) is 0 Å². The van der Waals surface area contributed by atoms with Crippen molar-refractivity contribution >= 4 is 28.1 Å². The summed E-state index contributed by atoms with van der Waals surface area (Å²) < 4.78 is 16.1. The number of hydrogen-bond acceptors (Lipinski definition) is 3. The molecule has 2 saturated carbocycles. The Bertz CT molecular complexity index is 1300. The second-order valence-electron chi connectivity index (χ2n) is 9.26. The molecule has 2 aromatic carbocycles. The number of amides is 1. The molecule has 2 heterocycles. The lowest BCUT2D eigenvalue weighted by Crippen LogP contribution is -2.53. The van der Waals surface area contributed by atoms with Crippen LogP contribution in [-0.2, 0) is 6.54 Å². The van der Waals surface area contributed by atoms with Crippen LogP contribution in [0.2, 0.25) is 0 Å². The van der Waals surface area contributed by atoms with E-state index in [1.54, 1.807) is 17.5 Å². The molecule has 0 aliphatic heterocycles. The third-order valence-electron chi connectivity index (χ3n) is 7.08. The van der Waals surface area contributed by atoms with Crippen LogP contribution in [0.3, 0.4) is 0 Å². The van der Waals surface area contributed by atoms with Crippen molar-refractivity contribution in [1.82, 2.24) is 15.1 Å². The highest BCUT2D eigenvalue weighted by atomic mass is 32.1. The van der Waals surface area contributed by atoms with Gasteiger partial charge < -0.3 is 5.32 Å². The minimum atomic E-state index is -0.409. The molecule has 6 heteroatoms. The van der Waals surface area contributed by atoms with Gasteiger partial charge in [-0.15, -0.1) is 11.3 Å². The largest absolute Gasteiger partial charge is 0.349 e. The van der Waals surface area contributed by atoms with Gasteiger partial charge in [0.2, 0.25) is 0 Å². The molecule has 6 rings (SSSR count). The van der Waals surface area contributed by atoms with E-state index in [4.69, 9.17) is 0 Å². The van der Waals surface area contributed by atoms with Crippen molar-refractivity contribution in [2.24, 2.45) is 5.41 Å². The fraction of sp³-hybridized carbons (Fsp3) is 0.308. The normalized spacial score (nSPS) is 17.3. The van der Waals surface area contributed by atoms with Crippen LogP contribution in [0.1, 0.15) is 47.3 Å². The molecule has 4 nitrogen and oxygen atoms in total. The average molecular weight is 446 g/mol. The lowest BCUT2D eigenvalue weighted by atomic mass is 9.54. The van der Waals surface area contributed by atoms with Crippen LogP contribution in [0.25, 0.3) is 21.3 Å². The number of halogens is 1. The van der Waals surface area contributed by atoms with E-state index < -0.39 is 5.82 Å². The number of fused-ring (bicyclic) bond motifs is 1. The number of carbonyl (C=O) groups is 1. The molecule has 2 aromatic heterocycles. The first-order valence-electron chi connectivity index (χ1n) is 11.2. The lowest BCUT2D eigenvalue weighted by molar-refractivity contribution is -0.000610. The monoisotopic (exact) mass is 445 g/mol. The Kier molecular flexibility index (Phi) is 4.65. The molecule has 1 spiro atoms. The third kappa shape index (κ3) is 3.43. The summed E-state index contributed by atoms with van der Waals surface area (Å²) in [4.78, 5) is 15.4. The fourth-order valence-corrected chi connectivity index (χ4v) is 6.29. The molecule has 0 unspecified atom stereocenters. The molecule has 2 aliphatic carbocycles. The van der Waals surface area contributed by atoms with Crippen LogP contribution in [0.4, 0.5) is 4.39 Å². The molecule has 0 saturated heterocycles. The molecule has 0 radical (unpaired) electrons. The summed E-state index contributed by atoms with van der Waals surface area (Å²) >= 11 is 1.71. The standard InChI is InChI=1S/C26H24FN3OS/c27-19-11-18-15-28-30(16-21-7-8-23(32-21)17-5-2-1-3-6-17)24(18)22(12-19)25(31)29-20-13-26(14-20)9-4-10-26/h1-3,5-8,11-12,15,20H,4,9-10,13-14,16H2,(H,29,31). The predicted octanol–water partition coefficient (Wildman–Crippen LogP) is 6.01. The third-order valence-corrected chi connectivity index (χ3v) is 8.20. The van der Waals surface area contributed by atoms with Crippen LogP contribution in [0, 0.1) is 11.2 Å². The van der Waals surface area contributed by atoms with Gasteiger partial charge in [-0.05, 0) is 60.9 Å². The minimum absolute atomic E-state index is 0.197. The van der Waals surface area contributed by atoms with E-state index >= 15 is 0 Å². The molecule has 0 atom stereocenters. The zero-order chi connectivity index (χ0) is 21.7. The van der Waals surface area contributed by atoms with E-state index in [1.165, 1.54) is 41.8 Å². The van der Waals surface area contributed by atoms with Crippen molar-refractivity contribution in [2.45, 2.75) is 44.7 Å². The fourth-order valence-electron chi connectivity index (χ4n) is 5.29. The number of rotatable bonds is 5. The van der Waals surface area contributed by atoms with Gasteiger partial charge in [-0.2, -0.15) is 5.10 Å². The maximum atomic E-state index is 14.3. The Morgan fingerprint density at radius 1 is 1.16 bits per heavy atom. The van der Waals surface area contributed by atoms with Gasteiger partial charge in [0.05, 0.1) is 23.8 Å². The van der Waals surface area contributed by atoms with Gasteiger partial charge in [0.25, 0.3) is 5.91 Å². The highest BCUT2D eigenvalue weighted by Crippen LogP contribution is 2.55. The molecule has 0 bridgehead atoms. The molecular weight excluding hydrogens is 421 g/mol. The molecule has 2 fully saturated rings. The van der Waals surface area contributed by atoms with Crippen molar-refractivity contribution in [1.29, 1.82) is 0 Å². The lowest BCUT2D eigenvalue weighted by Gasteiger charge is -2.54. The Hall–Kier alpha value is -2.99. The van der Waals surface area contributed by atoms with Crippen LogP contribution >= 0.6 is 11.3 Å². The summed E-state index contributed by atoms with van der Waals surface area (Å²) in [6.07, 6.45) is 7.61. The van der Waals surface area contributed by atoms with Gasteiger partial charge >= 0.3 is 0 Å². The Labute approximate surface area is 190 Å². The maximum Gasteiger partial charge on any atom is 0.253 e. The van der Waals surface area contributed by atoms with Crippen molar-refractivity contribution in [3.05, 3.63) is 77.1 Å². The van der Waals surface area contributed by atoms with Crippen molar-refractivity contribution < 1.29 is 9.18 Å². The SMILES string of the molecule is O=C(NC1CC2(CCC2)C1)c1cc(F)cc2cnn(Cc3ccc(-c4ccccc4)s3)c12. The zero-order valence-electron chi connectivity index (χ0n) is 17.7. The molecule has 1 N–H and O–H groups in total. The molecule has 32 heavy (non-hydrogen) atoms. The van der Waals surface area contributed by atoms with Crippen LogP contribution in [-0.4, -0.2) is 21.7 Å². The highest BCUT2D eigenvalue weighted by Gasteiger charge is 2.48. The van der Waals surface area contributed by atoms with E-state index in [1.807, 2.05) is 22.9 Å². The van der Waals surface area contributed by atoms with Crippen LogP contribution < -0.4 is 5.32 Å². The van der Waals surface area contributed by atoms with Crippen LogP contribution in [0.5, 0.6) is 0 Å². The number of benzene rings is 2. The summed E-state index contributed by atoms with van der Waals surface area (Å²) in [6, 6.07) is 17.5. The maximum absolute atomic E-state index is 14.3. The number of thiophene rings is 1. The summed E-state index contributed by atoms with van der Waals surface area (Å²) in [5.41, 5.74) is 2.72. The van der Waals surface area contributed by atoms with E-state index in [2.05, 4.69) is 34.7 Å². The Morgan fingerprint density at radius 2 is 1.97 bits per heavy atom. The van der Waals surface area contributed by atoms with Crippen molar-refractivity contribution in [3.8, 4) is 10.4 Å². The Balaban J connectivity index is 1.27. The molecule has 162 valence electrons. The molecule has 1 amide bonds. The van der Waals surface area contributed by atoms with Gasteiger partial charge in [0.1, 0.15) is 5.82 Å². The number of nitrogens with zero attached hydrogens (tertiary/aromatic N) is 2. The van der Waals surface area contributed by atoms with E-state index in [9.17, 15) is 9.18 Å². The quantitative estimate of drug-likeness (QED) is 0.409. The minimum Gasteiger partial charge on any atom is -0.349 e. The summed E-state index contributed by atoms with van der Waals surface area (Å²) in [5.74, 6) is -0.611. The predicted molar refractivity (Wildman–Crippen MR) is 125 cm³/mol. The summed E-state index contributed by atoms with van der Waals surface area (Å²) in [7, 11) is 0.